The normalized spacial score (nSPS) is 13.7. The highest BCUT2D eigenvalue weighted by atomic mass is 15.0. The van der Waals surface area contributed by atoms with Crippen molar-refractivity contribution in [1.29, 1.82) is 0 Å². The Morgan fingerprint density at radius 1 is 1.33 bits per heavy atom. The Morgan fingerprint density at radius 3 is 2.44 bits per heavy atom. The van der Waals surface area contributed by atoms with Gasteiger partial charge in [0.1, 0.15) is 0 Å². The van der Waals surface area contributed by atoms with E-state index < -0.39 is 0 Å². The topological polar surface area (TPSA) is 90.1 Å². The fourth-order valence-electron chi connectivity index (χ4n) is 0.473. The Labute approximate surface area is 55.8 Å². The molecule has 56 valence electrons. The molecule has 9 heavy (non-hydrogen) atoms. The van der Waals surface area contributed by atoms with E-state index in [1.54, 1.807) is 0 Å². The molecular formula is C5H16N4. The molecule has 0 radical (unpaired) electrons. The Kier molecular flexibility index (Phi) is 5.86. The summed E-state index contributed by atoms with van der Waals surface area (Å²) in [6.45, 7) is 2.03. The lowest BCUT2D eigenvalue weighted by molar-refractivity contribution is 0.528. The van der Waals surface area contributed by atoms with Crippen LogP contribution in [-0.2, 0) is 0 Å². The zero-order valence-corrected chi connectivity index (χ0v) is 5.64. The van der Waals surface area contributed by atoms with Gasteiger partial charge in [-0.1, -0.05) is 0 Å². The summed E-state index contributed by atoms with van der Waals surface area (Å²) in [5.74, 6) is 0. The average molecular weight is 132 g/mol. The van der Waals surface area contributed by atoms with Gasteiger partial charge in [0.2, 0.25) is 0 Å². The smallest absolute Gasteiger partial charge is 0.0672 e. The Balaban J connectivity index is 2.88. The molecule has 0 amide bonds. The summed E-state index contributed by atoms with van der Waals surface area (Å²) in [6.07, 6.45) is 0.879. The molecule has 0 aromatic carbocycles. The monoisotopic (exact) mass is 132 g/mol. The summed E-state index contributed by atoms with van der Waals surface area (Å²) in [6, 6.07) is 0. The highest BCUT2D eigenvalue weighted by Gasteiger charge is 1.93. The lowest BCUT2D eigenvalue weighted by Gasteiger charge is -2.09. The van der Waals surface area contributed by atoms with Gasteiger partial charge in [0, 0.05) is 6.54 Å². The Hall–Kier alpha value is -0.160. The number of nitrogens with two attached hydrogens (primary N) is 3. The summed E-state index contributed by atoms with van der Waals surface area (Å²) < 4.78 is 0. The number of nitrogens with one attached hydrogen (secondary N) is 1. The first-order valence-electron chi connectivity index (χ1n) is 3.20. The van der Waals surface area contributed by atoms with E-state index in [0.717, 1.165) is 13.0 Å². The third-order valence-electron chi connectivity index (χ3n) is 1.04. The first-order valence-corrected chi connectivity index (χ1v) is 3.20. The minimum absolute atomic E-state index is 0.0726. The second-order valence-corrected chi connectivity index (χ2v) is 1.94. The molecule has 7 N–H and O–H groups in total. The summed E-state index contributed by atoms with van der Waals surface area (Å²) in [5.41, 5.74) is 15.9. The molecule has 4 nitrogen and oxygen atoms in total. The molecule has 0 spiro atoms. The van der Waals surface area contributed by atoms with Crippen LogP contribution in [0.1, 0.15) is 6.42 Å². The van der Waals surface area contributed by atoms with E-state index in [9.17, 15) is 0 Å². The standard InChI is InChI=1S/C5H16N4/c6-2-1-3-9-5(8)4-7/h5,9H,1-4,6-8H2. The first kappa shape index (κ1) is 8.84. The highest BCUT2D eigenvalue weighted by Crippen LogP contribution is 1.70. The average Bonchev–Trinajstić information content (AvgIpc) is 1.89. The molecule has 1 atom stereocenters. The Morgan fingerprint density at radius 2 is 2.00 bits per heavy atom. The van der Waals surface area contributed by atoms with Crippen LogP contribution in [0.15, 0.2) is 0 Å². The van der Waals surface area contributed by atoms with Crippen molar-refractivity contribution < 1.29 is 0 Å². The zero-order chi connectivity index (χ0) is 7.11. The molecule has 0 fully saturated rings. The van der Waals surface area contributed by atoms with Crippen LogP contribution in [0, 0.1) is 0 Å². The summed E-state index contributed by atoms with van der Waals surface area (Å²) >= 11 is 0. The van der Waals surface area contributed by atoms with Crippen LogP contribution in [0.3, 0.4) is 0 Å². The number of rotatable bonds is 5. The van der Waals surface area contributed by atoms with Crippen molar-refractivity contribution in [2.24, 2.45) is 17.2 Å². The van der Waals surface area contributed by atoms with E-state index in [2.05, 4.69) is 5.32 Å². The molecule has 0 aliphatic rings. The van der Waals surface area contributed by atoms with Gasteiger partial charge in [-0.25, -0.2) is 0 Å². The van der Waals surface area contributed by atoms with E-state index in [4.69, 9.17) is 17.2 Å². The van der Waals surface area contributed by atoms with E-state index in [0.29, 0.717) is 13.1 Å². The molecule has 0 aromatic heterocycles. The maximum atomic E-state index is 5.44. The van der Waals surface area contributed by atoms with Crippen molar-refractivity contribution in [2.45, 2.75) is 12.6 Å². The van der Waals surface area contributed by atoms with Crippen LogP contribution in [0.4, 0.5) is 0 Å². The van der Waals surface area contributed by atoms with Gasteiger partial charge < -0.3 is 22.5 Å². The summed E-state index contributed by atoms with van der Waals surface area (Å²) in [4.78, 5) is 0. The quantitative estimate of drug-likeness (QED) is 0.261. The predicted molar refractivity (Wildman–Crippen MR) is 38.7 cm³/mol. The van der Waals surface area contributed by atoms with Crippen LogP contribution >= 0.6 is 0 Å². The molecule has 0 aromatic rings. The van der Waals surface area contributed by atoms with Gasteiger partial charge in [0.15, 0.2) is 0 Å². The fraction of sp³-hybridized carbons (Fsp3) is 1.00. The third-order valence-corrected chi connectivity index (χ3v) is 1.04. The highest BCUT2D eigenvalue weighted by molar-refractivity contribution is 4.57. The molecule has 0 aliphatic heterocycles. The molecule has 4 heteroatoms. The minimum atomic E-state index is -0.0726. The van der Waals surface area contributed by atoms with Crippen molar-refractivity contribution in [2.75, 3.05) is 19.6 Å². The van der Waals surface area contributed by atoms with Gasteiger partial charge in [-0.3, -0.25) is 0 Å². The van der Waals surface area contributed by atoms with E-state index in [1.165, 1.54) is 0 Å². The molecule has 0 rings (SSSR count). The molecule has 0 saturated heterocycles. The summed E-state index contributed by atoms with van der Waals surface area (Å²) in [7, 11) is 0. The lowest BCUT2D eigenvalue weighted by Crippen LogP contribution is -2.44. The molecule has 1 unspecified atom stereocenters. The van der Waals surface area contributed by atoms with Crippen molar-refractivity contribution in [3.63, 3.8) is 0 Å². The Bertz CT molecular complexity index is 56.9. The largest absolute Gasteiger partial charge is 0.330 e. The van der Waals surface area contributed by atoms with Crippen LogP contribution in [-0.4, -0.2) is 25.8 Å². The van der Waals surface area contributed by atoms with Crippen molar-refractivity contribution >= 4 is 0 Å². The molecule has 0 heterocycles. The minimum Gasteiger partial charge on any atom is -0.330 e. The van der Waals surface area contributed by atoms with E-state index in [-0.39, 0.29) is 6.17 Å². The maximum absolute atomic E-state index is 5.44. The van der Waals surface area contributed by atoms with Gasteiger partial charge in [-0.15, -0.1) is 0 Å². The second kappa shape index (κ2) is 5.97. The maximum Gasteiger partial charge on any atom is 0.0672 e. The van der Waals surface area contributed by atoms with Gasteiger partial charge in [0.05, 0.1) is 6.17 Å². The van der Waals surface area contributed by atoms with Crippen molar-refractivity contribution in [3.8, 4) is 0 Å². The third kappa shape index (κ3) is 5.72. The lowest BCUT2D eigenvalue weighted by atomic mass is 10.4. The fourth-order valence-corrected chi connectivity index (χ4v) is 0.473. The van der Waals surface area contributed by atoms with Gasteiger partial charge in [0.25, 0.3) is 0 Å². The second-order valence-electron chi connectivity index (χ2n) is 1.94. The molecule has 0 aliphatic carbocycles. The molecule has 0 saturated carbocycles. The molecular weight excluding hydrogens is 116 g/mol. The van der Waals surface area contributed by atoms with Crippen LogP contribution in [0.25, 0.3) is 0 Å². The van der Waals surface area contributed by atoms with Gasteiger partial charge in [-0.05, 0) is 19.5 Å². The van der Waals surface area contributed by atoms with Crippen molar-refractivity contribution in [3.05, 3.63) is 0 Å². The van der Waals surface area contributed by atoms with E-state index >= 15 is 0 Å². The first-order chi connectivity index (χ1) is 4.31. The van der Waals surface area contributed by atoms with Crippen LogP contribution in [0.5, 0.6) is 0 Å². The predicted octanol–water partition coefficient (Wildman–Crippen LogP) is -1.83. The van der Waals surface area contributed by atoms with Crippen LogP contribution in [0.2, 0.25) is 0 Å². The number of hydrogen-bond donors (Lipinski definition) is 4. The van der Waals surface area contributed by atoms with Gasteiger partial charge >= 0.3 is 0 Å². The number of hydrogen-bond acceptors (Lipinski definition) is 4. The summed E-state index contributed by atoms with van der Waals surface area (Å²) in [5, 5.41) is 3.01. The zero-order valence-electron chi connectivity index (χ0n) is 5.64. The van der Waals surface area contributed by atoms with E-state index in [1.807, 2.05) is 0 Å². The SMILES string of the molecule is NCCCNC(N)CN. The van der Waals surface area contributed by atoms with Crippen LogP contribution < -0.4 is 22.5 Å². The molecule has 0 bridgehead atoms. The van der Waals surface area contributed by atoms with Crippen molar-refractivity contribution in [1.82, 2.24) is 5.32 Å². The van der Waals surface area contributed by atoms with Gasteiger partial charge in [-0.2, -0.15) is 0 Å².